The first-order valence-corrected chi connectivity index (χ1v) is 29.2. The molecule has 0 aliphatic rings. The zero-order valence-corrected chi connectivity index (χ0v) is 55.4. The number of hydrogen-bond acceptors (Lipinski definition) is 9. The Balaban J connectivity index is -0.000000854. The SMILES string of the molecule is CC.CC.CC.CC.CC.CC.Cc1cc(C)c2ccccc2c1.Cc1cc(C)ncn1.Cc1ccc2c(C)cccc2c1.Cc1ccc2cccc(C)c2c1.Cc1ccnc(C)n1.Cc1cncc(C)n1.Cc1nc(C)nc(C)n1. The van der Waals surface area contributed by atoms with Gasteiger partial charge in [-0.2, -0.15) is 0 Å². The summed E-state index contributed by atoms with van der Waals surface area (Å²) < 4.78 is 0. The molecular weight excluding hydrogens is 991 g/mol. The van der Waals surface area contributed by atoms with Gasteiger partial charge in [-0.15, -0.1) is 0 Å². The minimum absolute atomic E-state index is 0.792. The van der Waals surface area contributed by atoms with Crippen molar-refractivity contribution in [2.24, 2.45) is 0 Å². The zero-order chi connectivity index (χ0) is 62.5. The van der Waals surface area contributed by atoms with Gasteiger partial charge in [0.05, 0.1) is 11.4 Å². The van der Waals surface area contributed by atoms with Crippen molar-refractivity contribution in [3.63, 3.8) is 0 Å². The molecule has 6 aromatic carbocycles. The Hall–Kier alpha value is -7.65. The number of benzene rings is 6. The van der Waals surface area contributed by atoms with E-state index in [0.717, 1.165) is 51.8 Å². The molecule has 0 saturated heterocycles. The summed E-state index contributed by atoms with van der Waals surface area (Å²) in [5, 5.41) is 8.12. The molecule has 0 unspecified atom stereocenters. The molecule has 0 radical (unpaired) electrons. The first kappa shape index (κ1) is 77.6. The van der Waals surface area contributed by atoms with E-state index in [2.05, 4.69) is 196 Å². The van der Waals surface area contributed by atoms with E-state index in [1.165, 1.54) is 65.7 Å². The second kappa shape index (κ2) is 47.2. The van der Waals surface area contributed by atoms with Gasteiger partial charge < -0.3 is 0 Å². The average Bonchev–Trinajstić information content (AvgIpc) is 3.47. The van der Waals surface area contributed by atoms with Crippen LogP contribution in [0.25, 0.3) is 32.3 Å². The van der Waals surface area contributed by atoms with E-state index in [0.29, 0.717) is 0 Å². The van der Waals surface area contributed by atoms with E-state index in [9.17, 15) is 0 Å². The van der Waals surface area contributed by atoms with Gasteiger partial charge in [-0.05, 0) is 165 Å². The largest absolute Gasteiger partial charge is 0.261 e. The number of aromatic nitrogens is 9. The van der Waals surface area contributed by atoms with Gasteiger partial charge in [-0.3, -0.25) is 9.97 Å². The molecule has 0 atom stereocenters. The maximum atomic E-state index is 4.11. The summed E-state index contributed by atoms with van der Waals surface area (Å²) in [5.41, 5.74) is 13.1. The summed E-state index contributed by atoms with van der Waals surface area (Å²) in [6.45, 7) is 54.1. The minimum atomic E-state index is 0.792. The molecule has 4 heterocycles. The Kier molecular flexibility index (Phi) is 45.2. The molecule has 10 aromatic rings. The van der Waals surface area contributed by atoms with Crippen molar-refractivity contribution >= 4 is 32.3 Å². The number of fused-ring (bicyclic) bond motifs is 3. The van der Waals surface area contributed by atoms with E-state index >= 15 is 0 Å². The lowest BCUT2D eigenvalue weighted by Gasteiger charge is -2.02. The molecule has 438 valence electrons. The fraction of sp³-hybridized carbons (Fsp3) is 0.375. The standard InChI is InChI=1S/3C12H12.C6H9N3.3C6H8N2.6C2H6/c1-9-6-7-12-10(2)4-3-5-11(12)8-9;1-9-6-7-11-5-3-4-10(2)12(11)8-9;1-9-7-10(2)12-6-4-3-5-11(12)8-9;1-4-7-5(2)9-6(3)8-4;1-5-3-7-4-6(2)8-5;1-5-3-6(2)8-4-7-5;1-5-3-4-7-6(2)8-5;6*1-2/h3*3-8H,1-2H3;1-3H3;3*3-4H,1-2H3;6*1-2H3. The second-order valence-corrected chi connectivity index (χ2v) is 17.2. The molecule has 0 spiro atoms. The van der Waals surface area contributed by atoms with Crippen LogP contribution in [0.2, 0.25) is 0 Å². The van der Waals surface area contributed by atoms with Crippen LogP contribution in [0.4, 0.5) is 0 Å². The average molecular weight is 1100 g/mol. The summed E-state index contributed by atoms with van der Waals surface area (Å²) in [6, 6.07) is 42.8. The van der Waals surface area contributed by atoms with Crippen molar-refractivity contribution in [3.05, 3.63) is 231 Å². The van der Waals surface area contributed by atoms with Crippen LogP contribution in [0.3, 0.4) is 0 Å². The molecule has 0 saturated carbocycles. The van der Waals surface area contributed by atoms with E-state index in [1.807, 2.05) is 158 Å². The molecule has 0 aliphatic heterocycles. The Morgan fingerprint density at radius 1 is 0.259 bits per heavy atom. The lowest BCUT2D eigenvalue weighted by atomic mass is 10.0. The van der Waals surface area contributed by atoms with Gasteiger partial charge in [0.25, 0.3) is 0 Å². The van der Waals surface area contributed by atoms with Gasteiger partial charge in [0.1, 0.15) is 29.6 Å². The Bertz CT molecular complexity index is 2980. The fourth-order valence-electron chi connectivity index (χ4n) is 7.32. The third kappa shape index (κ3) is 33.5. The van der Waals surface area contributed by atoms with E-state index in [4.69, 9.17) is 0 Å². The highest BCUT2D eigenvalue weighted by atomic mass is 15.0. The van der Waals surface area contributed by atoms with Gasteiger partial charge >= 0.3 is 0 Å². The van der Waals surface area contributed by atoms with Crippen LogP contribution in [0.1, 0.15) is 168 Å². The first-order chi connectivity index (χ1) is 38.9. The fourth-order valence-corrected chi connectivity index (χ4v) is 7.32. The highest BCUT2D eigenvalue weighted by Gasteiger charge is 1.98. The van der Waals surface area contributed by atoms with Gasteiger partial charge in [0.2, 0.25) is 0 Å². The highest BCUT2D eigenvalue weighted by molar-refractivity contribution is 5.87. The lowest BCUT2D eigenvalue weighted by Crippen LogP contribution is -1.97. The molecule has 0 bridgehead atoms. The van der Waals surface area contributed by atoms with Crippen LogP contribution in [0.5, 0.6) is 0 Å². The molecule has 0 aliphatic carbocycles. The molecule has 9 heteroatoms. The van der Waals surface area contributed by atoms with Crippen molar-refractivity contribution in [3.8, 4) is 0 Å². The summed E-state index contributed by atoms with van der Waals surface area (Å²) in [5.74, 6) is 3.21. The second-order valence-electron chi connectivity index (χ2n) is 17.2. The Morgan fingerprint density at radius 2 is 0.691 bits per heavy atom. The summed E-state index contributed by atoms with van der Waals surface area (Å²) in [6.07, 6.45) is 6.82. The quantitative estimate of drug-likeness (QED) is 0.146. The normalized spacial score (nSPS) is 8.93. The first-order valence-electron chi connectivity index (χ1n) is 29.2. The number of nitrogens with zero attached hydrogens (tertiary/aromatic N) is 9. The maximum Gasteiger partial charge on any atom is 0.129 e. The Morgan fingerprint density at radius 3 is 1.14 bits per heavy atom. The third-order valence-corrected chi connectivity index (χ3v) is 10.4. The molecule has 0 amide bonds. The molecule has 10 rings (SSSR count). The van der Waals surface area contributed by atoms with E-state index < -0.39 is 0 Å². The number of rotatable bonds is 0. The van der Waals surface area contributed by atoms with Gasteiger partial charge in [0.15, 0.2) is 0 Å². The smallest absolute Gasteiger partial charge is 0.129 e. The summed E-state index contributed by atoms with van der Waals surface area (Å²) in [7, 11) is 0. The van der Waals surface area contributed by atoms with Crippen molar-refractivity contribution in [1.82, 2.24) is 44.9 Å². The lowest BCUT2D eigenvalue weighted by molar-refractivity contribution is 0.875. The van der Waals surface area contributed by atoms with Crippen LogP contribution in [-0.4, -0.2) is 44.9 Å². The van der Waals surface area contributed by atoms with Crippen LogP contribution < -0.4 is 0 Å². The van der Waals surface area contributed by atoms with Crippen LogP contribution in [0.15, 0.2) is 146 Å². The van der Waals surface area contributed by atoms with Crippen molar-refractivity contribution in [1.29, 1.82) is 0 Å². The third-order valence-electron chi connectivity index (χ3n) is 10.4. The summed E-state index contributed by atoms with van der Waals surface area (Å²) in [4.78, 5) is 35.9. The number of hydrogen-bond donors (Lipinski definition) is 0. The van der Waals surface area contributed by atoms with Crippen LogP contribution >= 0.6 is 0 Å². The van der Waals surface area contributed by atoms with E-state index in [-0.39, 0.29) is 0 Å². The van der Waals surface area contributed by atoms with Crippen molar-refractivity contribution < 1.29 is 0 Å². The Labute approximate surface area is 493 Å². The maximum absolute atomic E-state index is 4.11. The minimum Gasteiger partial charge on any atom is -0.261 e. The molecular formula is C72H105N9. The molecule has 9 nitrogen and oxygen atoms in total. The van der Waals surface area contributed by atoms with Gasteiger partial charge in [-0.1, -0.05) is 209 Å². The molecule has 4 aromatic heterocycles. The van der Waals surface area contributed by atoms with Gasteiger partial charge in [-0.25, -0.2) is 34.9 Å². The predicted octanol–water partition coefficient (Wildman–Crippen LogP) is 20.6. The molecule has 0 fully saturated rings. The topological polar surface area (TPSA) is 116 Å². The molecule has 81 heavy (non-hydrogen) atoms. The van der Waals surface area contributed by atoms with Crippen LogP contribution in [-0.2, 0) is 0 Å². The molecule has 0 N–H and O–H groups in total. The van der Waals surface area contributed by atoms with E-state index in [1.54, 1.807) is 24.9 Å². The van der Waals surface area contributed by atoms with Gasteiger partial charge in [0, 0.05) is 35.7 Å². The van der Waals surface area contributed by atoms with Crippen LogP contribution in [0, 0.1) is 104 Å². The van der Waals surface area contributed by atoms with Crippen molar-refractivity contribution in [2.75, 3.05) is 0 Å². The summed E-state index contributed by atoms with van der Waals surface area (Å²) >= 11 is 0. The number of aryl methyl sites for hydroxylation is 15. The zero-order valence-electron chi connectivity index (χ0n) is 55.4. The highest BCUT2D eigenvalue weighted by Crippen LogP contribution is 2.21. The predicted molar refractivity (Wildman–Crippen MR) is 357 cm³/mol. The van der Waals surface area contributed by atoms with Crippen molar-refractivity contribution in [2.45, 2.75) is 187 Å². The monoisotopic (exact) mass is 1100 g/mol.